The van der Waals surface area contributed by atoms with Crippen LogP contribution in [0.1, 0.15) is 45.8 Å². The third-order valence-corrected chi connectivity index (χ3v) is 4.34. The van der Waals surface area contributed by atoms with Crippen LogP contribution < -0.4 is 5.32 Å². The van der Waals surface area contributed by atoms with Gasteiger partial charge in [-0.3, -0.25) is 9.59 Å². The SMILES string of the molecule is Cc1cc(C)n2nc(C)c(C(=O)Nc3ccc(C(C)C(=O)O)cc3)c2n1. The summed E-state index contributed by atoms with van der Waals surface area (Å²) >= 11 is 0. The zero-order valence-electron chi connectivity index (χ0n) is 15.1. The van der Waals surface area contributed by atoms with Gasteiger partial charge in [-0.05, 0) is 51.5 Å². The van der Waals surface area contributed by atoms with E-state index in [1.807, 2.05) is 19.9 Å². The summed E-state index contributed by atoms with van der Waals surface area (Å²) in [6.07, 6.45) is 0. The molecular weight excluding hydrogens is 332 g/mol. The lowest BCUT2D eigenvalue weighted by atomic mass is 10.0. The number of carboxylic acids is 1. The molecule has 2 N–H and O–H groups in total. The van der Waals surface area contributed by atoms with Crippen molar-refractivity contribution >= 4 is 23.2 Å². The van der Waals surface area contributed by atoms with Crippen LogP contribution in [0.15, 0.2) is 30.3 Å². The van der Waals surface area contributed by atoms with Gasteiger partial charge >= 0.3 is 5.97 Å². The zero-order chi connectivity index (χ0) is 19.0. The second kappa shape index (κ2) is 6.59. The van der Waals surface area contributed by atoms with Crippen LogP contribution in [-0.4, -0.2) is 31.6 Å². The van der Waals surface area contributed by atoms with Crippen molar-refractivity contribution < 1.29 is 14.7 Å². The molecule has 3 rings (SSSR count). The molecule has 26 heavy (non-hydrogen) atoms. The summed E-state index contributed by atoms with van der Waals surface area (Å²) < 4.78 is 1.66. The normalized spacial score (nSPS) is 12.2. The lowest BCUT2D eigenvalue weighted by Gasteiger charge is -2.09. The fourth-order valence-electron chi connectivity index (χ4n) is 2.88. The molecule has 1 atom stereocenters. The number of nitrogens with one attached hydrogen (secondary N) is 1. The maximum atomic E-state index is 12.8. The lowest BCUT2D eigenvalue weighted by molar-refractivity contribution is -0.138. The van der Waals surface area contributed by atoms with Crippen LogP contribution in [0.4, 0.5) is 5.69 Å². The highest BCUT2D eigenvalue weighted by Gasteiger charge is 2.20. The van der Waals surface area contributed by atoms with E-state index < -0.39 is 11.9 Å². The van der Waals surface area contributed by atoms with Gasteiger partial charge in [0.05, 0.1) is 11.6 Å². The van der Waals surface area contributed by atoms with Crippen molar-refractivity contribution in [2.24, 2.45) is 0 Å². The van der Waals surface area contributed by atoms with E-state index in [9.17, 15) is 9.59 Å². The zero-order valence-corrected chi connectivity index (χ0v) is 15.1. The minimum Gasteiger partial charge on any atom is -0.481 e. The van der Waals surface area contributed by atoms with E-state index in [0.717, 1.165) is 11.4 Å². The first-order valence-electron chi connectivity index (χ1n) is 8.25. The summed E-state index contributed by atoms with van der Waals surface area (Å²) in [4.78, 5) is 28.3. The fourth-order valence-corrected chi connectivity index (χ4v) is 2.88. The molecule has 7 heteroatoms. The molecule has 0 radical (unpaired) electrons. The van der Waals surface area contributed by atoms with Crippen molar-refractivity contribution in [2.45, 2.75) is 33.6 Å². The van der Waals surface area contributed by atoms with Crippen LogP contribution in [0, 0.1) is 20.8 Å². The number of fused-ring (bicyclic) bond motifs is 1. The second-order valence-electron chi connectivity index (χ2n) is 6.37. The Labute approximate surface area is 150 Å². The third kappa shape index (κ3) is 3.15. The number of hydrogen-bond acceptors (Lipinski definition) is 4. The molecule has 1 aromatic carbocycles. The lowest BCUT2D eigenvalue weighted by Crippen LogP contribution is -2.14. The summed E-state index contributed by atoms with van der Waals surface area (Å²) in [7, 11) is 0. The standard InChI is InChI=1S/C19H20N4O3/c1-10-9-11(2)23-17(20-10)16(13(4)22-23)18(24)21-15-7-5-14(6-8-15)12(3)19(25)26/h5-9,12H,1-4H3,(H,21,24)(H,25,26). The monoisotopic (exact) mass is 352 g/mol. The number of aromatic nitrogens is 3. The van der Waals surface area contributed by atoms with E-state index in [-0.39, 0.29) is 5.91 Å². The Kier molecular flexibility index (Phi) is 4.46. The molecular formula is C19H20N4O3. The van der Waals surface area contributed by atoms with Gasteiger partial charge in [0.15, 0.2) is 5.65 Å². The predicted octanol–water partition coefficient (Wildman–Crippen LogP) is 3.09. The van der Waals surface area contributed by atoms with Gasteiger partial charge in [0.1, 0.15) is 5.56 Å². The summed E-state index contributed by atoms with van der Waals surface area (Å²) in [5.74, 6) is -1.79. The molecule has 134 valence electrons. The molecule has 0 saturated carbocycles. The minimum absolute atomic E-state index is 0.297. The molecule has 0 fully saturated rings. The average Bonchev–Trinajstić information content (AvgIpc) is 2.91. The molecule has 7 nitrogen and oxygen atoms in total. The van der Waals surface area contributed by atoms with Gasteiger partial charge in [-0.15, -0.1) is 0 Å². The molecule has 0 aliphatic rings. The van der Waals surface area contributed by atoms with Crippen LogP contribution in [0.3, 0.4) is 0 Å². The van der Waals surface area contributed by atoms with Crippen LogP contribution in [0.25, 0.3) is 5.65 Å². The number of rotatable bonds is 4. The molecule has 1 amide bonds. The molecule has 2 aromatic heterocycles. The molecule has 3 aromatic rings. The Morgan fingerprint density at radius 2 is 1.81 bits per heavy atom. The van der Waals surface area contributed by atoms with Crippen molar-refractivity contribution in [1.82, 2.24) is 14.6 Å². The highest BCUT2D eigenvalue weighted by molar-refractivity contribution is 6.09. The largest absolute Gasteiger partial charge is 0.481 e. The van der Waals surface area contributed by atoms with Gasteiger partial charge in [0.2, 0.25) is 0 Å². The first kappa shape index (κ1) is 17.6. The highest BCUT2D eigenvalue weighted by atomic mass is 16.4. The highest BCUT2D eigenvalue weighted by Crippen LogP contribution is 2.21. The maximum Gasteiger partial charge on any atom is 0.310 e. The van der Waals surface area contributed by atoms with Gasteiger partial charge in [-0.25, -0.2) is 9.50 Å². The van der Waals surface area contributed by atoms with Crippen LogP contribution in [-0.2, 0) is 4.79 Å². The van der Waals surface area contributed by atoms with E-state index in [1.165, 1.54) is 0 Å². The van der Waals surface area contributed by atoms with Gasteiger partial charge in [0.25, 0.3) is 5.91 Å². The Morgan fingerprint density at radius 1 is 1.15 bits per heavy atom. The fraction of sp³-hybridized carbons (Fsp3) is 0.263. The van der Waals surface area contributed by atoms with E-state index in [2.05, 4.69) is 15.4 Å². The number of aryl methyl sites for hydroxylation is 3. The van der Waals surface area contributed by atoms with Crippen molar-refractivity contribution in [2.75, 3.05) is 5.32 Å². The van der Waals surface area contributed by atoms with Crippen molar-refractivity contribution in [3.63, 3.8) is 0 Å². The number of benzene rings is 1. The summed E-state index contributed by atoms with van der Waals surface area (Å²) in [6, 6.07) is 8.69. The third-order valence-electron chi connectivity index (χ3n) is 4.34. The second-order valence-corrected chi connectivity index (χ2v) is 6.37. The van der Waals surface area contributed by atoms with Crippen LogP contribution in [0.5, 0.6) is 0 Å². The summed E-state index contributed by atoms with van der Waals surface area (Å²) in [6.45, 7) is 7.18. The Morgan fingerprint density at radius 3 is 2.42 bits per heavy atom. The first-order chi connectivity index (χ1) is 12.3. The predicted molar refractivity (Wildman–Crippen MR) is 97.6 cm³/mol. The Hall–Kier alpha value is -3.22. The van der Waals surface area contributed by atoms with E-state index >= 15 is 0 Å². The van der Waals surface area contributed by atoms with E-state index in [0.29, 0.717) is 28.2 Å². The number of anilines is 1. The molecule has 0 aliphatic carbocycles. The number of carbonyl (C=O) groups excluding carboxylic acids is 1. The van der Waals surface area contributed by atoms with Crippen molar-refractivity contribution in [3.05, 3.63) is 58.5 Å². The van der Waals surface area contributed by atoms with E-state index in [1.54, 1.807) is 42.6 Å². The van der Waals surface area contributed by atoms with Crippen LogP contribution >= 0.6 is 0 Å². The molecule has 0 bridgehead atoms. The number of aliphatic carboxylic acids is 1. The quantitative estimate of drug-likeness (QED) is 0.752. The van der Waals surface area contributed by atoms with Crippen LogP contribution in [0.2, 0.25) is 0 Å². The Balaban J connectivity index is 1.90. The van der Waals surface area contributed by atoms with Gasteiger partial charge in [-0.1, -0.05) is 12.1 Å². The van der Waals surface area contributed by atoms with Gasteiger partial charge in [0, 0.05) is 17.1 Å². The maximum absolute atomic E-state index is 12.8. The molecule has 0 aliphatic heterocycles. The number of amides is 1. The number of carboxylic acid groups (broad SMARTS) is 1. The van der Waals surface area contributed by atoms with Gasteiger partial charge < -0.3 is 10.4 Å². The number of nitrogens with zero attached hydrogens (tertiary/aromatic N) is 3. The average molecular weight is 352 g/mol. The molecule has 1 unspecified atom stereocenters. The summed E-state index contributed by atoms with van der Waals surface area (Å²) in [5, 5.41) is 16.3. The van der Waals surface area contributed by atoms with E-state index in [4.69, 9.17) is 5.11 Å². The molecule has 0 spiro atoms. The first-order valence-corrected chi connectivity index (χ1v) is 8.25. The minimum atomic E-state index is -0.888. The molecule has 2 heterocycles. The van der Waals surface area contributed by atoms with Gasteiger partial charge in [-0.2, -0.15) is 5.10 Å². The van der Waals surface area contributed by atoms with Crippen molar-refractivity contribution in [1.29, 1.82) is 0 Å². The summed E-state index contributed by atoms with van der Waals surface area (Å²) in [5.41, 5.74) is 4.53. The topological polar surface area (TPSA) is 96.6 Å². The number of hydrogen-bond donors (Lipinski definition) is 2. The number of carbonyl (C=O) groups is 2. The smallest absolute Gasteiger partial charge is 0.310 e. The van der Waals surface area contributed by atoms with Crippen molar-refractivity contribution in [3.8, 4) is 0 Å². The molecule has 0 saturated heterocycles. The Bertz CT molecular complexity index is 1010.